The smallest absolute Gasteiger partial charge is 0.315 e. The number of hydrogen-bond donors (Lipinski definition) is 2. The Bertz CT molecular complexity index is 484. The lowest BCUT2D eigenvalue weighted by Gasteiger charge is -2.21. The summed E-state index contributed by atoms with van der Waals surface area (Å²) in [5.74, 6) is -0.0621. The molecule has 1 aliphatic carbocycles. The molecule has 0 aromatic heterocycles. The van der Waals surface area contributed by atoms with E-state index in [-0.39, 0.29) is 24.5 Å². The summed E-state index contributed by atoms with van der Waals surface area (Å²) in [5, 5.41) is 5.59. The van der Waals surface area contributed by atoms with Gasteiger partial charge in [-0.3, -0.25) is 4.79 Å². The molecule has 0 aliphatic heterocycles. The van der Waals surface area contributed by atoms with Crippen molar-refractivity contribution in [2.75, 3.05) is 13.1 Å². The van der Waals surface area contributed by atoms with E-state index in [0.717, 1.165) is 18.4 Å². The molecule has 0 spiro atoms. The third-order valence-electron chi connectivity index (χ3n) is 4.04. The summed E-state index contributed by atoms with van der Waals surface area (Å²) in [4.78, 5) is 25.7. The third-order valence-corrected chi connectivity index (χ3v) is 4.04. The van der Waals surface area contributed by atoms with E-state index in [1.165, 1.54) is 12.8 Å². The van der Waals surface area contributed by atoms with Crippen LogP contribution in [0.4, 0.5) is 4.79 Å². The lowest BCUT2D eigenvalue weighted by atomic mass is 10.2. The van der Waals surface area contributed by atoms with Gasteiger partial charge in [-0.25, -0.2) is 4.79 Å². The van der Waals surface area contributed by atoms with Crippen LogP contribution in [0.2, 0.25) is 0 Å². The summed E-state index contributed by atoms with van der Waals surface area (Å²) >= 11 is 0. The molecule has 5 nitrogen and oxygen atoms in total. The Morgan fingerprint density at radius 3 is 2.50 bits per heavy atom. The minimum absolute atomic E-state index is 0.0409. The monoisotopic (exact) mass is 303 g/mol. The van der Waals surface area contributed by atoms with Gasteiger partial charge in [-0.1, -0.05) is 43.2 Å². The molecule has 1 aromatic carbocycles. The first-order valence-electron chi connectivity index (χ1n) is 8.05. The molecular formula is C17H25N3O2. The summed E-state index contributed by atoms with van der Waals surface area (Å²) in [5.41, 5.74) is 1.09. The number of likely N-dealkylation sites (N-methyl/N-ethyl adjacent to an activating group) is 1. The third kappa shape index (κ3) is 5.06. The molecule has 0 unspecified atom stereocenters. The predicted octanol–water partition coefficient (Wildman–Crippen LogP) is 2.28. The van der Waals surface area contributed by atoms with Crippen molar-refractivity contribution in [2.24, 2.45) is 0 Å². The lowest BCUT2D eigenvalue weighted by molar-refractivity contribution is -0.130. The first-order chi connectivity index (χ1) is 10.7. The van der Waals surface area contributed by atoms with Crippen LogP contribution in [0, 0.1) is 0 Å². The fourth-order valence-electron chi connectivity index (χ4n) is 2.75. The van der Waals surface area contributed by atoms with Crippen molar-refractivity contribution >= 4 is 11.9 Å². The summed E-state index contributed by atoms with van der Waals surface area (Å²) in [6.07, 6.45) is 4.42. The molecule has 0 radical (unpaired) electrons. The second-order valence-corrected chi connectivity index (χ2v) is 5.70. The van der Waals surface area contributed by atoms with Crippen LogP contribution in [0.1, 0.15) is 38.2 Å². The van der Waals surface area contributed by atoms with Gasteiger partial charge in [0.2, 0.25) is 5.91 Å². The van der Waals surface area contributed by atoms with Gasteiger partial charge in [0.15, 0.2) is 0 Å². The number of urea groups is 1. The molecule has 1 fully saturated rings. The van der Waals surface area contributed by atoms with Crippen LogP contribution in [0.25, 0.3) is 0 Å². The highest BCUT2D eigenvalue weighted by molar-refractivity contribution is 5.84. The van der Waals surface area contributed by atoms with E-state index in [0.29, 0.717) is 13.1 Å². The zero-order valence-corrected chi connectivity index (χ0v) is 13.2. The van der Waals surface area contributed by atoms with Gasteiger partial charge in [-0.05, 0) is 25.3 Å². The number of nitrogens with zero attached hydrogens (tertiary/aromatic N) is 1. The average molecular weight is 303 g/mol. The molecule has 0 heterocycles. The highest BCUT2D eigenvalue weighted by Crippen LogP contribution is 2.17. The molecule has 120 valence electrons. The Kier molecular flexibility index (Phi) is 6.25. The van der Waals surface area contributed by atoms with Crippen LogP contribution >= 0.6 is 0 Å². The zero-order chi connectivity index (χ0) is 15.8. The summed E-state index contributed by atoms with van der Waals surface area (Å²) in [7, 11) is 0. The molecule has 1 aliphatic rings. The first kappa shape index (κ1) is 16.3. The number of carbonyl (C=O) groups excluding carboxylic acids is 2. The van der Waals surface area contributed by atoms with E-state index in [2.05, 4.69) is 10.6 Å². The average Bonchev–Trinajstić information content (AvgIpc) is 3.04. The van der Waals surface area contributed by atoms with E-state index < -0.39 is 0 Å². The first-order valence-corrected chi connectivity index (χ1v) is 8.05. The standard InChI is InChI=1S/C17H25N3O2/c1-2-20(13-14-8-4-3-5-9-14)16(21)12-18-17(22)19-15-10-6-7-11-15/h3-5,8-9,15H,2,6-7,10-13H2,1H3,(H2,18,19,22). The molecule has 2 rings (SSSR count). The second kappa shape index (κ2) is 8.41. The van der Waals surface area contributed by atoms with Gasteiger partial charge in [-0.15, -0.1) is 0 Å². The van der Waals surface area contributed by atoms with Gasteiger partial charge in [0, 0.05) is 19.1 Å². The van der Waals surface area contributed by atoms with E-state index >= 15 is 0 Å². The number of nitrogens with one attached hydrogen (secondary N) is 2. The fourth-order valence-corrected chi connectivity index (χ4v) is 2.75. The Morgan fingerprint density at radius 2 is 1.86 bits per heavy atom. The summed E-state index contributed by atoms with van der Waals surface area (Å²) < 4.78 is 0. The van der Waals surface area contributed by atoms with Crippen LogP contribution in [0.5, 0.6) is 0 Å². The Hall–Kier alpha value is -2.04. The SMILES string of the molecule is CCN(Cc1ccccc1)C(=O)CNC(=O)NC1CCCC1. The van der Waals surface area contributed by atoms with Gasteiger partial charge in [0.25, 0.3) is 0 Å². The van der Waals surface area contributed by atoms with E-state index in [9.17, 15) is 9.59 Å². The molecule has 3 amide bonds. The van der Waals surface area contributed by atoms with Crippen LogP contribution in [-0.4, -0.2) is 36.0 Å². The molecule has 2 N–H and O–H groups in total. The maximum Gasteiger partial charge on any atom is 0.315 e. The quantitative estimate of drug-likeness (QED) is 0.847. The number of rotatable bonds is 6. The van der Waals surface area contributed by atoms with E-state index in [1.807, 2.05) is 37.3 Å². The molecular weight excluding hydrogens is 278 g/mol. The zero-order valence-electron chi connectivity index (χ0n) is 13.2. The van der Waals surface area contributed by atoms with Crippen LogP contribution in [-0.2, 0) is 11.3 Å². The second-order valence-electron chi connectivity index (χ2n) is 5.70. The molecule has 5 heteroatoms. The number of benzene rings is 1. The van der Waals surface area contributed by atoms with E-state index in [1.54, 1.807) is 4.90 Å². The van der Waals surface area contributed by atoms with Crippen molar-refractivity contribution in [1.29, 1.82) is 0 Å². The number of carbonyl (C=O) groups is 2. The van der Waals surface area contributed by atoms with Crippen molar-refractivity contribution < 1.29 is 9.59 Å². The van der Waals surface area contributed by atoms with Crippen LogP contribution in [0.3, 0.4) is 0 Å². The lowest BCUT2D eigenvalue weighted by Crippen LogP contribution is -2.45. The topological polar surface area (TPSA) is 61.4 Å². The maximum absolute atomic E-state index is 12.2. The maximum atomic E-state index is 12.2. The van der Waals surface area contributed by atoms with Gasteiger partial charge in [0.1, 0.15) is 0 Å². The van der Waals surface area contributed by atoms with Crippen LogP contribution < -0.4 is 10.6 Å². The largest absolute Gasteiger partial charge is 0.337 e. The Morgan fingerprint density at radius 1 is 1.18 bits per heavy atom. The highest BCUT2D eigenvalue weighted by atomic mass is 16.2. The fraction of sp³-hybridized carbons (Fsp3) is 0.529. The normalized spacial score (nSPS) is 14.6. The minimum Gasteiger partial charge on any atom is -0.337 e. The molecule has 0 bridgehead atoms. The number of amides is 3. The molecule has 1 saturated carbocycles. The predicted molar refractivity (Wildman–Crippen MR) is 86.3 cm³/mol. The van der Waals surface area contributed by atoms with Crippen molar-refractivity contribution in [3.8, 4) is 0 Å². The van der Waals surface area contributed by atoms with E-state index in [4.69, 9.17) is 0 Å². The van der Waals surface area contributed by atoms with Gasteiger partial charge >= 0.3 is 6.03 Å². The van der Waals surface area contributed by atoms with Gasteiger partial charge < -0.3 is 15.5 Å². The molecule has 1 aromatic rings. The van der Waals surface area contributed by atoms with Gasteiger partial charge in [-0.2, -0.15) is 0 Å². The van der Waals surface area contributed by atoms with Crippen molar-refractivity contribution in [3.63, 3.8) is 0 Å². The van der Waals surface area contributed by atoms with Crippen molar-refractivity contribution in [2.45, 2.75) is 45.2 Å². The highest BCUT2D eigenvalue weighted by Gasteiger charge is 2.18. The summed E-state index contributed by atoms with van der Waals surface area (Å²) in [6, 6.07) is 9.89. The molecule has 0 saturated heterocycles. The van der Waals surface area contributed by atoms with Crippen LogP contribution in [0.15, 0.2) is 30.3 Å². The summed E-state index contributed by atoms with van der Waals surface area (Å²) in [6.45, 7) is 3.18. The molecule has 22 heavy (non-hydrogen) atoms. The van der Waals surface area contributed by atoms with Gasteiger partial charge in [0.05, 0.1) is 6.54 Å². The van der Waals surface area contributed by atoms with Crippen molar-refractivity contribution in [1.82, 2.24) is 15.5 Å². The van der Waals surface area contributed by atoms with Crippen molar-refractivity contribution in [3.05, 3.63) is 35.9 Å². The minimum atomic E-state index is -0.240. The Labute approximate surface area is 132 Å². The molecule has 0 atom stereocenters. The Balaban J connectivity index is 1.75. The number of hydrogen-bond acceptors (Lipinski definition) is 2.